The summed E-state index contributed by atoms with van der Waals surface area (Å²) in [5.41, 5.74) is 6.45. The number of hydrogen-bond donors (Lipinski definition) is 1. The van der Waals surface area contributed by atoms with Gasteiger partial charge >= 0.3 is 0 Å². The molecule has 1 aromatic rings. The van der Waals surface area contributed by atoms with Crippen LogP contribution in [0.25, 0.3) is 0 Å². The molecule has 82 valence electrons. The molecule has 0 spiro atoms. The Morgan fingerprint density at radius 1 is 1.53 bits per heavy atom. The maximum absolute atomic E-state index is 13.0. The predicted octanol–water partition coefficient (Wildman–Crippen LogP) is 0.990. The topological polar surface area (TPSA) is 38.5 Å². The Labute approximate surface area is 88.6 Å². The van der Waals surface area contributed by atoms with Crippen molar-refractivity contribution in [1.29, 1.82) is 0 Å². The molecule has 1 atom stereocenters. The molecule has 0 aliphatic carbocycles. The van der Waals surface area contributed by atoms with Crippen molar-refractivity contribution in [2.24, 2.45) is 5.73 Å². The fourth-order valence-electron chi connectivity index (χ4n) is 1.77. The fourth-order valence-corrected chi connectivity index (χ4v) is 1.77. The second kappa shape index (κ2) is 4.59. The zero-order valence-corrected chi connectivity index (χ0v) is 8.53. The van der Waals surface area contributed by atoms with E-state index < -0.39 is 0 Å². The van der Waals surface area contributed by atoms with Gasteiger partial charge in [-0.3, -0.25) is 0 Å². The van der Waals surface area contributed by atoms with E-state index >= 15 is 0 Å². The molecule has 2 N–H and O–H groups in total. The summed E-state index contributed by atoms with van der Waals surface area (Å²) < 4.78 is 18.5. The van der Waals surface area contributed by atoms with Crippen molar-refractivity contribution in [2.45, 2.75) is 6.10 Å². The van der Waals surface area contributed by atoms with Crippen LogP contribution < -0.4 is 10.6 Å². The first-order chi connectivity index (χ1) is 7.29. The molecule has 1 heterocycles. The van der Waals surface area contributed by atoms with Crippen molar-refractivity contribution in [3.8, 4) is 0 Å². The van der Waals surface area contributed by atoms with Crippen LogP contribution >= 0.6 is 0 Å². The van der Waals surface area contributed by atoms with E-state index in [1.807, 2.05) is 6.07 Å². The first kappa shape index (κ1) is 10.4. The molecule has 0 aromatic heterocycles. The molecule has 1 fully saturated rings. The summed E-state index contributed by atoms with van der Waals surface area (Å²) in [7, 11) is 0. The number of rotatable bonds is 2. The van der Waals surface area contributed by atoms with E-state index in [-0.39, 0.29) is 11.9 Å². The summed E-state index contributed by atoms with van der Waals surface area (Å²) in [6.45, 7) is 2.68. The molecule has 0 amide bonds. The highest BCUT2D eigenvalue weighted by molar-refractivity contribution is 5.46. The van der Waals surface area contributed by atoms with Gasteiger partial charge in [-0.25, -0.2) is 4.39 Å². The Balaban J connectivity index is 2.09. The maximum atomic E-state index is 13.0. The van der Waals surface area contributed by atoms with Gasteiger partial charge < -0.3 is 15.4 Å². The summed E-state index contributed by atoms with van der Waals surface area (Å²) in [5.74, 6) is -0.205. The number of nitrogens with zero attached hydrogens (tertiary/aromatic N) is 1. The van der Waals surface area contributed by atoms with Gasteiger partial charge in [-0.15, -0.1) is 0 Å². The molecule has 1 aromatic carbocycles. The van der Waals surface area contributed by atoms with Gasteiger partial charge in [0.1, 0.15) is 5.82 Å². The van der Waals surface area contributed by atoms with Gasteiger partial charge in [0.25, 0.3) is 0 Å². The van der Waals surface area contributed by atoms with E-state index in [1.165, 1.54) is 6.07 Å². The van der Waals surface area contributed by atoms with Crippen LogP contribution in [-0.4, -0.2) is 32.3 Å². The fraction of sp³-hybridized carbons (Fsp3) is 0.455. The minimum Gasteiger partial charge on any atom is -0.373 e. The van der Waals surface area contributed by atoms with Crippen LogP contribution in [-0.2, 0) is 4.74 Å². The average molecular weight is 210 g/mol. The number of hydrogen-bond acceptors (Lipinski definition) is 3. The molecule has 1 aliphatic rings. The van der Waals surface area contributed by atoms with Gasteiger partial charge in [-0.2, -0.15) is 0 Å². The Kier molecular flexibility index (Phi) is 3.18. The van der Waals surface area contributed by atoms with E-state index in [0.29, 0.717) is 13.2 Å². The van der Waals surface area contributed by atoms with Gasteiger partial charge in [-0.05, 0) is 18.2 Å². The normalized spacial score (nSPS) is 21.7. The van der Waals surface area contributed by atoms with Crippen molar-refractivity contribution in [2.75, 3.05) is 31.1 Å². The summed E-state index contributed by atoms with van der Waals surface area (Å²) in [5, 5.41) is 0. The summed E-state index contributed by atoms with van der Waals surface area (Å²) in [4.78, 5) is 2.10. The van der Waals surface area contributed by atoms with Crippen LogP contribution in [0.1, 0.15) is 0 Å². The lowest BCUT2D eigenvalue weighted by atomic mass is 10.2. The number of halogens is 1. The highest BCUT2D eigenvalue weighted by Crippen LogP contribution is 2.18. The number of ether oxygens (including phenoxy) is 1. The zero-order chi connectivity index (χ0) is 10.7. The Bertz CT molecular complexity index is 332. The van der Waals surface area contributed by atoms with E-state index in [9.17, 15) is 4.39 Å². The second-order valence-electron chi connectivity index (χ2n) is 3.65. The monoisotopic (exact) mass is 210 g/mol. The predicted molar refractivity (Wildman–Crippen MR) is 57.4 cm³/mol. The molecule has 0 radical (unpaired) electrons. The van der Waals surface area contributed by atoms with Crippen LogP contribution in [0, 0.1) is 5.82 Å². The third kappa shape index (κ3) is 2.46. The van der Waals surface area contributed by atoms with E-state index in [1.54, 1.807) is 12.1 Å². The van der Waals surface area contributed by atoms with Crippen molar-refractivity contribution in [3.63, 3.8) is 0 Å². The van der Waals surface area contributed by atoms with Gasteiger partial charge in [0, 0.05) is 25.3 Å². The van der Waals surface area contributed by atoms with Gasteiger partial charge in [0.15, 0.2) is 0 Å². The Morgan fingerprint density at radius 3 is 3.13 bits per heavy atom. The highest BCUT2D eigenvalue weighted by atomic mass is 19.1. The van der Waals surface area contributed by atoms with Gasteiger partial charge in [0.2, 0.25) is 0 Å². The summed E-state index contributed by atoms with van der Waals surface area (Å²) in [6.07, 6.45) is 0.0574. The number of benzene rings is 1. The average Bonchev–Trinajstić information content (AvgIpc) is 2.29. The van der Waals surface area contributed by atoms with Crippen molar-refractivity contribution < 1.29 is 9.13 Å². The molecule has 1 saturated heterocycles. The Hall–Kier alpha value is -1.13. The maximum Gasteiger partial charge on any atom is 0.125 e. The van der Waals surface area contributed by atoms with Crippen LogP contribution in [0.4, 0.5) is 10.1 Å². The molecular formula is C11H15FN2O. The van der Waals surface area contributed by atoms with Crippen LogP contribution in [0.2, 0.25) is 0 Å². The minimum atomic E-state index is -0.205. The lowest BCUT2D eigenvalue weighted by molar-refractivity contribution is 0.0465. The first-order valence-corrected chi connectivity index (χ1v) is 5.12. The smallest absolute Gasteiger partial charge is 0.125 e. The molecule has 4 heteroatoms. The zero-order valence-electron chi connectivity index (χ0n) is 8.53. The number of morpholine rings is 1. The van der Waals surface area contributed by atoms with Crippen LogP contribution in [0.3, 0.4) is 0 Å². The van der Waals surface area contributed by atoms with Crippen molar-refractivity contribution in [1.82, 2.24) is 0 Å². The van der Waals surface area contributed by atoms with E-state index in [0.717, 1.165) is 18.8 Å². The lowest BCUT2D eigenvalue weighted by Gasteiger charge is -2.34. The highest BCUT2D eigenvalue weighted by Gasteiger charge is 2.19. The third-order valence-corrected chi connectivity index (χ3v) is 2.58. The van der Waals surface area contributed by atoms with E-state index in [2.05, 4.69) is 4.90 Å². The first-order valence-electron chi connectivity index (χ1n) is 5.12. The lowest BCUT2D eigenvalue weighted by Crippen LogP contribution is -2.45. The van der Waals surface area contributed by atoms with Crippen LogP contribution in [0.5, 0.6) is 0 Å². The standard InChI is InChI=1S/C11H15FN2O/c12-9-2-1-3-10(6-9)14-4-5-15-11(7-13)8-14/h1-3,6,11H,4-5,7-8,13H2. The van der Waals surface area contributed by atoms with Gasteiger partial charge in [-0.1, -0.05) is 6.07 Å². The van der Waals surface area contributed by atoms with E-state index in [4.69, 9.17) is 10.5 Å². The summed E-state index contributed by atoms with van der Waals surface area (Å²) >= 11 is 0. The number of nitrogens with two attached hydrogens (primary N) is 1. The SMILES string of the molecule is NCC1CN(c2cccc(F)c2)CCO1. The molecular weight excluding hydrogens is 195 g/mol. The molecule has 2 rings (SSSR count). The minimum absolute atomic E-state index is 0.0574. The molecule has 0 saturated carbocycles. The van der Waals surface area contributed by atoms with Gasteiger partial charge in [0.05, 0.1) is 12.7 Å². The third-order valence-electron chi connectivity index (χ3n) is 2.58. The summed E-state index contributed by atoms with van der Waals surface area (Å²) in [6, 6.07) is 6.61. The molecule has 1 aliphatic heterocycles. The number of anilines is 1. The second-order valence-corrected chi connectivity index (χ2v) is 3.65. The van der Waals surface area contributed by atoms with Crippen molar-refractivity contribution in [3.05, 3.63) is 30.1 Å². The molecule has 3 nitrogen and oxygen atoms in total. The molecule has 1 unspecified atom stereocenters. The quantitative estimate of drug-likeness (QED) is 0.791. The molecule has 15 heavy (non-hydrogen) atoms. The largest absolute Gasteiger partial charge is 0.373 e. The Morgan fingerprint density at radius 2 is 2.40 bits per heavy atom. The molecule has 0 bridgehead atoms. The van der Waals surface area contributed by atoms with Crippen molar-refractivity contribution >= 4 is 5.69 Å². The van der Waals surface area contributed by atoms with Crippen LogP contribution in [0.15, 0.2) is 24.3 Å².